The van der Waals surface area contributed by atoms with Crippen LogP contribution >= 0.6 is 0 Å². The van der Waals surface area contributed by atoms with Crippen LogP contribution in [0.4, 0.5) is 0 Å². The number of H-pyrrole nitrogens is 1. The molecule has 0 amide bonds. The zero-order chi connectivity index (χ0) is 12.3. The number of hydrogen-bond acceptors (Lipinski definition) is 1. The first-order valence-corrected chi connectivity index (χ1v) is 6.51. The molecule has 0 bridgehead atoms. The average molecular weight is 230 g/mol. The summed E-state index contributed by atoms with van der Waals surface area (Å²) in [6.45, 7) is 9.02. The highest BCUT2D eigenvalue weighted by Gasteiger charge is 2.08. The number of nitrogens with one attached hydrogen (secondary N) is 1. The van der Waals surface area contributed by atoms with Gasteiger partial charge >= 0.3 is 0 Å². The quantitative estimate of drug-likeness (QED) is 0.833. The van der Waals surface area contributed by atoms with Gasteiger partial charge in [0.1, 0.15) is 0 Å². The number of benzene rings is 1. The SMILES string of the molecule is CCN(CCc1c[nH]c2ccccc12)C(C)C. The van der Waals surface area contributed by atoms with Crippen molar-refractivity contribution >= 4 is 10.9 Å². The second-order valence-electron chi connectivity index (χ2n) is 4.83. The van der Waals surface area contributed by atoms with E-state index in [4.69, 9.17) is 0 Å². The Balaban J connectivity index is 2.08. The number of para-hydroxylation sites is 1. The predicted molar refractivity (Wildman–Crippen MR) is 74.4 cm³/mol. The molecule has 0 spiro atoms. The zero-order valence-electron chi connectivity index (χ0n) is 11.0. The molecule has 1 aromatic carbocycles. The van der Waals surface area contributed by atoms with E-state index in [2.05, 4.69) is 61.1 Å². The Hall–Kier alpha value is -1.28. The van der Waals surface area contributed by atoms with Crippen LogP contribution in [-0.2, 0) is 6.42 Å². The molecule has 0 fully saturated rings. The molecule has 0 radical (unpaired) electrons. The second-order valence-corrected chi connectivity index (χ2v) is 4.83. The molecular weight excluding hydrogens is 208 g/mol. The van der Waals surface area contributed by atoms with Crippen molar-refractivity contribution < 1.29 is 0 Å². The van der Waals surface area contributed by atoms with E-state index in [1.54, 1.807) is 0 Å². The lowest BCUT2D eigenvalue weighted by molar-refractivity contribution is 0.237. The van der Waals surface area contributed by atoms with Crippen molar-refractivity contribution in [1.29, 1.82) is 0 Å². The summed E-state index contributed by atoms with van der Waals surface area (Å²) in [7, 11) is 0. The number of hydrogen-bond donors (Lipinski definition) is 1. The van der Waals surface area contributed by atoms with Crippen molar-refractivity contribution in [3.63, 3.8) is 0 Å². The fourth-order valence-corrected chi connectivity index (χ4v) is 2.38. The van der Waals surface area contributed by atoms with E-state index >= 15 is 0 Å². The van der Waals surface area contributed by atoms with Crippen LogP contribution in [0.25, 0.3) is 10.9 Å². The molecule has 1 N–H and O–H groups in total. The lowest BCUT2D eigenvalue weighted by Crippen LogP contribution is -2.32. The van der Waals surface area contributed by atoms with Gasteiger partial charge in [0.2, 0.25) is 0 Å². The smallest absolute Gasteiger partial charge is 0.0456 e. The van der Waals surface area contributed by atoms with E-state index in [0.717, 1.165) is 19.5 Å². The fourth-order valence-electron chi connectivity index (χ4n) is 2.38. The molecule has 0 saturated heterocycles. The molecule has 2 rings (SSSR count). The molecule has 92 valence electrons. The summed E-state index contributed by atoms with van der Waals surface area (Å²) in [6, 6.07) is 9.16. The largest absolute Gasteiger partial charge is 0.361 e. The van der Waals surface area contributed by atoms with Crippen LogP contribution in [0.5, 0.6) is 0 Å². The van der Waals surface area contributed by atoms with E-state index in [1.807, 2.05) is 0 Å². The number of aromatic amines is 1. The summed E-state index contributed by atoms with van der Waals surface area (Å²) in [5, 5.41) is 1.37. The number of nitrogens with zero attached hydrogens (tertiary/aromatic N) is 1. The standard InChI is InChI=1S/C15H22N2/c1-4-17(12(2)3)10-9-13-11-16-15-8-6-5-7-14(13)15/h5-8,11-12,16H,4,9-10H2,1-3H3. The topological polar surface area (TPSA) is 19.0 Å². The summed E-state index contributed by atoms with van der Waals surface area (Å²) in [5.74, 6) is 0. The first-order valence-electron chi connectivity index (χ1n) is 6.51. The Morgan fingerprint density at radius 1 is 1.24 bits per heavy atom. The number of aromatic nitrogens is 1. The Morgan fingerprint density at radius 3 is 2.71 bits per heavy atom. The van der Waals surface area contributed by atoms with Gasteiger partial charge in [-0.1, -0.05) is 25.1 Å². The number of likely N-dealkylation sites (N-methyl/N-ethyl adjacent to an activating group) is 1. The summed E-state index contributed by atoms with van der Waals surface area (Å²) in [5.41, 5.74) is 2.68. The molecular formula is C15H22N2. The van der Waals surface area contributed by atoms with Gasteiger partial charge in [-0.05, 0) is 38.4 Å². The lowest BCUT2D eigenvalue weighted by Gasteiger charge is -2.24. The highest BCUT2D eigenvalue weighted by molar-refractivity contribution is 5.83. The van der Waals surface area contributed by atoms with Crippen LogP contribution in [0, 0.1) is 0 Å². The third-order valence-electron chi connectivity index (χ3n) is 3.48. The fraction of sp³-hybridized carbons (Fsp3) is 0.467. The molecule has 2 aromatic rings. The maximum atomic E-state index is 3.34. The summed E-state index contributed by atoms with van der Waals surface area (Å²) < 4.78 is 0. The van der Waals surface area contributed by atoms with Crippen LogP contribution in [0.15, 0.2) is 30.5 Å². The van der Waals surface area contributed by atoms with Crippen molar-refractivity contribution in [1.82, 2.24) is 9.88 Å². The van der Waals surface area contributed by atoms with E-state index < -0.39 is 0 Å². The third-order valence-corrected chi connectivity index (χ3v) is 3.48. The summed E-state index contributed by atoms with van der Waals surface area (Å²) in [6.07, 6.45) is 3.27. The van der Waals surface area contributed by atoms with E-state index in [1.165, 1.54) is 16.5 Å². The lowest BCUT2D eigenvalue weighted by atomic mass is 10.1. The van der Waals surface area contributed by atoms with Gasteiger partial charge < -0.3 is 9.88 Å². The first-order chi connectivity index (χ1) is 8.22. The monoisotopic (exact) mass is 230 g/mol. The Kier molecular flexibility index (Phi) is 3.85. The van der Waals surface area contributed by atoms with Gasteiger partial charge in [0.25, 0.3) is 0 Å². The average Bonchev–Trinajstić information content (AvgIpc) is 2.73. The highest BCUT2D eigenvalue weighted by atomic mass is 15.1. The molecule has 0 aliphatic heterocycles. The van der Waals surface area contributed by atoms with Gasteiger partial charge in [-0.25, -0.2) is 0 Å². The van der Waals surface area contributed by atoms with Crippen molar-refractivity contribution in [3.05, 3.63) is 36.0 Å². The molecule has 0 unspecified atom stereocenters. The van der Waals surface area contributed by atoms with Crippen LogP contribution in [0.3, 0.4) is 0 Å². The van der Waals surface area contributed by atoms with Gasteiger partial charge in [-0.2, -0.15) is 0 Å². The number of rotatable bonds is 5. The molecule has 17 heavy (non-hydrogen) atoms. The van der Waals surface area contributed by atoms with Crippen LogP contribution in [-0.4, -0.2) is 29.0 Å². The van der Waals surface area contributed by atoms with Gasteiger partial charge in [-0.15, -0.1) is 0 Å². The third kappa shape index (κ3) is 2.70. The van der Waals surface area contributed by atoms with Crippen molar-refractivity contribution in [3.8, 4) is 0 Å². The predicted octanol–water partition coefficient (Wildman–Crippen LogP) is 3.44. The maximum Gasteiger partial charge on any atom is 0.0456 e. The van der Waals surface area contributed by atoms with E-state index in [9.17, 15) is 0 Å². The van der Waals surface area contributed by atoms with Crippen molar-refractivity contribution in [2.24, 2.45) is 0 Å². The molecule has 1 heterocycles. The minimum Gasteiger partial charge on any atom is -0.361 e. The molecule has 0 aliphatic rings. The Labute approximate surface area is 104 Å². The van der Waals surface area contributed by atoms with Gasteiger partial charge in [0, 0.05) is 29.7 Å². The van der Waals surface area contributed by atoms with Gasteiger partial charge in [-0.3, -0.25) is 0 Å². The zero-order valence-corrected chi connectivity index (χ0v) is 11.0. The molecule has 2 nitrogen and oxygen atoms in total. The van der Waals surface area contributed by atoms with Gasteiger partial charge in [0.15, 0.2) is 0 Å². The van der Waals surface area contributed by atoms with Gasteiger partial charge in [0.05, 0.1) is 0 Å². The molecule has 0 saturated carbocycles. The Morgan fingerprint density at radius 2 is 2.00 bits per heavy atom. The van der Waals surface area contributed by atoms with Crippen molar-refractivity contribution in [2.75, 3.05) is 13.1 Å². The Bertz CT molecular complexity index is 470. The van der Waals surface area contributed by atoms with E-state index in [0.29, 0.717) is 6.04 Å². The van der Waals surface area contributed by atoms with E-state index in [-0.39, 0.29) is 0 Å². The minimum atomic E-state index is 0.630. The van der Waals surface area contributed by atoms with Crippen molar-refractivity contribution in [2.45, 2.75) is 33.2 Å². The number of fused-ring (bicyclic) bond motifs is 1. The molecule has 0 aliphatic carbocycles. The first kappa shape index (κ1) is 12.2. The van der Waals surface area contributed by atoms with Crippen LogP contribution < -0.4 is 0 Å². The normalized spacial score (nSPS) is 11.8. The summed E-state index contributed by atoms with van der Waals surface area (Å²) >= 11 is 0. The molecule has 2 heteroatoms. The molecule has 1 aromatic heterocycles. The minimum absolute atomic E-state index is 0.630. The maximum absolute atomic E-state index is 3.34. The molecule has 0 atom stereocenters. The second kappa shape index (κ2) is 5.37. The summed E-state index contributed by atoms with van der Waals surface area (Å²) in [4.78, 5) is 5.84. The highest BCUT2D eigenvalue weighted by Crippen LogP contribution is 2.18. The van der Waals surface area contributed by atoms with Crippen LogP contribution in [0.2, 0.25) is 0 Å². The van der Waals surface area contributed by atoms with Crippen LogP contribution in [0.1, 0.15) is 26.3 Å².